The molecule has 3 rings (SSSR count). The summed E-state index contributed by atoms with van der Waals surface area (Å²) in [6.45, 7) is 6.31. The van der Waals surface area contributed by atoms with Gasteiger partial charge in [-0.15, -0.1) is 0 Å². The van der Waals surface area contributed by atoms with E-state index in [4.69, 9.17) is 0 Å². The van der Waals surface area contributed by atoms with Crippen LogP contribution in [0.15, 0.2) is 48.8 Å². The van der Waals surface area contributed by atoms with E-state index in [0.29, 0.717) is 18.2 Å². The highest BCUT2D eigenvalue weighted by atomic mass is 16.1. The number of hydrogen-bond acceptors (Lipinski definition) is 5. The van der Waals surface area contributed by atoms with Crippen molar-refractivity contribution in [3.8, 4) is 0 Å². The molecule has 0 aliphatic carbocycles. The molecule has 1 amide bonds. The van der Waals surface area contributed by atoms with Gasteiger partial charge in [0.1, 0.15) is 5.69 Å². The van der Waals surface area contributed by atoms with Gasteiger partial charge in [0, 0.05) is 30.3 Å². The monoisotopic (exact) mass is 347 g/mol. The Hall–Kier alpha value is -3.28. The Morgan fingerprint density at radius 2 is 1.69 bits per heavy atom. The summed E-state index contributed by atoms with van der Waals surface area (Å²) in [5, 5.41) is 6.11. The molecule has 0 aliphatic rings. The molecule has 0 unspecified atom stereocenters. The van der Waals surface area contributed by atoms with Crippen LogP contribution in [0.3, 0.4) is 0 Å². The summed E-state index contributed by atoms with van der Waals surface area (Å²) in [6.07, 6.45) is 3.39. The molecular weight excluding hydrogens is 326 g/mol. The number of benzene rings is 1. The van der Waals surface area contributed by atoms with Gasteiger partial charge in [0.2, 0.25) is 5.95 Å². The minimum atomic E-state index is -0.239. The largest absolute Gasteiger partial charge is 0.347 e. The Kier molecular flexibility index (Phi) is 5.22. The number of carbonyl (C=O) groups is 1. The Labute approximate surface area is 152 Å². The van der Waals surface area contributed by atoms with Gasteiger partial charge >= 0.3 is 0 Å². The van der Waals surface area contributed by atoms with Crippen molar-refractivity contribution in [3.63, 3.8) is 0 Å². The summed E-state index contributed by atoms with van der Waals surface area (Å²) in [5.41, 5.74) is 5.19. The van der Waals surface area contributed by atoms with Gasteiger partial charge in [-0.1, -0.05) is 18.2 Å². The van der Waals surface area contributed by atoms with Crippen LogP contribution in [-0.4, -0.2) is 20.9 Å². The Morgan fingerprint density at radius 3 is 2.38 bits per heavy atom. The molecular formula is C20H21N5O. The summed E-state index contributed by atoms with van der Waals surface area (Å²) in [7, 11) is 0. The van der Waals surface area contributed by atoms with Crippen LogP contribution in [0.2, 0.25) is 0 Å². The van der Waals surface area contributed by atoms with E-state index >= 15 is 0 Å². The van der Waals surface area contributed by atoms with Crippen molar-refractivity contribution in [2.45, 2.75) is 27.3 Å². The lowest BCUT2D eigenvalue weighted by atomic mass is 10.1. The molecule has 6 heteroatoms. The third-order valence-corrected chi connectivity index (χ3v) is 4.01. The summed E-state index contributed by atoms with van der Waals surface area (Å²) < 4.78 is 0. The van der Waals surface area contributed by atoms with Gasteiger partial charge in [-0.05, 0) is 55.7 Å². The highest BCUT2D eigenvalue weighted by molar-refractivity contribution is 5.92. The standard InChI is InChI=1S/C20H21N5O/c1-13-5-4-6-14(2)18(13)25-20-23-15(3)11-17(24-20)19(26)22-12-16-7-9-21-10-8-16/h4-11H,12H2,1-3H3,(H,22,26)(H,23,24,25). The second-order valence-electron chi connectivity index (χ2n) is 6.15. The van der Waals surface area contributed by atoms with E-state index in [1.165, 1.54) is 0 Å². The number of nitrogens with zero attached hydrogens (tertiary/aromatic N) is 3. The molecule has 0 radical (unpaired) electrons. The lowest BCUT2D eigenvalue weighted by Crippen LogP contribution is -2.24. The maximum atomic E-state index is 12.5. The first-order valence-corrected chi connectivity index (χ1v) is 8.39. The highest BCUT2D eigenvalue weighted by Crippen LogP contribution is 2.22. The molecule has 0 spiro atoms. The molecule has 2 aromatic heterocycles. The van der Waals surface area contributed by atoms with Crippen molar-refractivity contribution in [3.05, 3.63) is 76.9 Å². The molecule has 3 aromatic rings. The average molecular weight is 347 g/mol. The van der Waals surface area contributed by atoms with E-state index in [1.54, 1.807) is 18.5 Å². The maximum Gasteiger partial charge on any atom is 0.270 e. The Bertz CT molecular complexity index is 904. The van der Waals surface area contributed by atoms with Crippen LogP contribution in [0.5, 0.6) is 0 Å². The van der Waals surface area contributed by atoms with Crippen LogP contribution in [0.25, 0.3) is 0 Å². The van der Waals surface area contributed by atoms with Crippen LogP contribution < -0.4 is 10.6 Å². The number of carbonyl (C=O) groups excluding carboxylic acids is 1. The lowest BCUT2D eigenvalue weighted by Gasteiger charge is -2.12. The van der Waals surface area contributed by atoms with Crippen LogP contribution in [-0.2, 0) is 6.54 Å². The van der Waals surface area contributed by atoms with Gasteiger partial charge in [0.15, 0.2) is 0 Å². The predicted octanol–water partition coefficient (Wildman–Crippen LogP) is 3.47. The van der Waals surface area contributed by atoms with Crippen LogP contribution in [0.1, 0.15) is 32.9 Å². The second kappa shape index (κ2) is 7.74. The van der Waals surface area contributed by atoms with Crippen LogP contribution in [0.4, 0.5) is 11.6 Å². The van der Waals surface area contributed by atoms with Crippen LogP contribution in [0, 0.1) is 20.8 Å². The number of nitrogens with one attached hydrogen (secondary N) is 2. The van der Waals surface area contributed by atoms with E-state index in [2.05, 4.69) is 25.6 Å². The minimum Gasteiger partial charge on any atom is -0.347 e. The molecule has 0 bridgehead atoms. The predicted molar refractivity (Wildman–Crippen MR) is 101 cm³/mol. The topological polar surface area (TPSA) is 79.8 Å². The third-order valence-electron chi connectivity index (χ3n) is 4.01. The smallest absolute Gasteiger partial charge is 0.270 e. The molecule has 0 aliphatic heterocycles. The number of aryl methyl sites for hydroxylation is 3. The van der Waals surface area contributed by atoms with E-state index in [1.807, 2.05) is 51.1 Å². The average Bonchev–Trinajstić information content (AvgIpc) is 2.63. The molecule has 6 nitrogen and oxygen atoms in total. The summed E-state index contributed by atoms with van der Waals surface area (Å²) in [5.74, 6) is 0.174. The van der Waals surface area contributed by atoms with E-state index in [-0.39, 0.29) is 5.91 Å². The molecule has 26 heavy (non-hydrogen) atoms. The fourth-order valence-electron chi connectivity index (χ4n) is 2.64. The normalized spacial score (nSPS) is 10.4. The second-order valence-corrected chi connectivity index (χ2v) is 6.15. The first-order chi connectivity index (χ1) is 12.5. The van der Waals surface area contributed by atoms with Gasteiger partial charge in [0.25, 0.3) is 5.91 Å². The third kappa shape index (κ3) is 4.22. The Balaban J connectivity index is 1.78. The summed E-state index contributed by atoms with van der Waals surface area (Å²) in [6, 6.07) is 11.4. The molecule has 0 saturated heterocycles. The van der Waals surface area contributed by atoms with Crippen molar-refractivity contribution in [1.29, 1.82) is 0 Å². The molecule has 0 saturated carbocycles. The lowest BCUT2D eigenvalue weighted by molar-refractivity contribution is 0.0945. The van der Waals surface area contributed by atoms with Crippen molar-refractivity contribution < 1.29 is 4.79 Å². The van der Waals surface area contributed by atoms with E-state index < -0.39 is 0 Å². The number of aromatic nitrogens is 3. The fourth-order valence-corrected chi connectivity index (χ4v) is 2.64. The fraction of sp³-hybridized carbons (Fsp3) is 0.200. The Morgan fingerprint density at radius 1 is 1.00 bits per heavy atom. The highest BCUT2D eigenvalue weighted by Gasteiger charge is 2.12. The van der Waals surface area contributed by atoms with E-state index in [0.717, 1.165) is 28.1 Å². The number of para-hydroxylation sites is 1. The minimum absolute atomic E-state index is 0.239. The van der Waals surface area contributed by atoms with Gasteiger partial charge in [-0.2, -0.15) is 0 Å². The van der Waals surface area contributed by atoms with E-state index in [9.17, 15) is 4.79 Å². The van der Waals surface area contributed by atoms with Gasteiger partial charge in [-0.25, -0.2) is 9.97 Å². The maximum absolute atomic E-state index is 12.5. The summed E-state index contributed by atoms with van der Waals surface area (Å²) >= 11 is 0. The summed E-state index contributed by atoms with van der Waals surface area (Å²) in [4.78, 5) is 25.2. The van der Waals surface area contributed by atoms with Crippen molar-refractivity contribution in [1.82, 2.24) is 20.3 Å². The van der Waals surface area contributed by atoms with Crippen molar-refractivity contribution >= 4 is 17.5 Å². The molecule has 0 fully saturated rings. The van der Waals surface area contributed by atoms with Crippen LogP contribution >= 0.6 is 0 Å². The molecule has 1 aromatic carbocycles. The first-order valence-electron chi connectivity index (χ1n) is 8.39. The SMILES string of the molecule is Cc1cc(C(=O)NCc2ccncc2)nc(Nc2c(C)cccc2C)n1. The van der Waals surface area contributed by atoms with Crippen molar-refractivity contribution in [2.24, 2.45) is 0 Å². The zero-order chi connectivity index (χ0) is 18.5. The first kappa shape index (κ1) is 17.5. The van der Waals surface area contributed by atoms with Gasteiger partial charge < -0.3 is 10.6 Å². The molecule has 2 heterocycles. The number of pyridine rings is 1. The quantitative estimate of drug-likeness (QED) is 0.739. The molecule has 0 atom stereocenters. The number of rotatable bonds is 5. The number of hydrogen-bond donors (Lipinski definition) is 2. The zero-order valence-electron chi connectivity index (χ0n) is 15.1. The number of amides is 1. The molecule has 132 valence electrons. The van der Waals surface area contributed by atoms with Gasteiger partial charge in [-0.3, -0.25) is 9.78 Å². The number of anilines is 2. The van der Waals surface area contributed by atoms with Gasteiger partial charge in [0.05, 0.1) is 0 Å². The molecule has 2 N–H and O–H groups in total. The van der Waals surface area contributed by atoms with Crippen molar-refractivity contribution in [2.75, 3.05) is 5.32 Å². The zero-order valence-corrected chi connectivity index (χ0v) is 15.1.